The first-order valence-electron chi connectivity index (χ1n) is 6.72. The number of nitrogens with one attached hydrogen (secondary N) is 1. The summed E-state index contributed by atoms with van der Waals surface area (Å²) >= 11 is 0. The van der Waals surface area contributed by atoms with Crippen molar-refractivity contribution in [3.05, 3.63) is 0 Å². The summed E-state index contributed by atoms with van der Waals surface area (Å²) in [6.07, 6.45) is 1.71. The number of ether oxygens (including phenoxy) is 1. The summed E-state index contributed by atoms with van der Waals surface area (Å²) in [6.45, 7) is 7.30. The standard InChI is InChI=1S/C13H24N2O4/c1-13(2,3)19-12(18)15-8-4-5-10(15)9-14-7-6-11(16)17/h10,14H,4-9H2,1-3H3,(H,16,17). The van der Waals surface area contributed by atoms with Crippen molar-refractivity contribution in [1.82, 2.24) is 10.2 Å². The van der Waals surface area contributed by atoms with E-state index in [1.54, 1.807) is 4.90 Å². The molecule has 1 rings (SSSR count). The Labute approximate surface area is 114 Å². The Morgan fingerprint density at radius 1 is 1.42 bits per heavy atom. The Kier molecular flexibility index (Phi) is 5.60. The molecule has 1 aliphatic rings. The molecule has 6 heteroatoms. The molecule has 0 aliphatic carbocycles. The minimum absolute atomic E-state index is 0.0964. The van der Waals surface area contributed by atoms with E-state index in [1.165, 1.54) is 0 Å². The summed E-state index contributed by atoms with van der Waals surface area (Å²) in [5, 5.41) is 11.6. The highest BCUT2D eigenvalue weighted by atomic mass is 16.6. The van der Waals surface area contributed by atoms with Crippen LogP contribution in [-0.2, 0) is 9.53 Å². The van der Waals surface area contributed by atoms with Crippen LogP contribution in [-0.4, -0.2) is 53.3 Å². The number of hydrogen-bond donors (Lipinski definition) is 2. The zero-order valence-electron chi connectivity index (χ0n) is 11.9. The van der Waals surface area contributed by atoms with Gasteiger partial charge in [0.05, 0.1) is 6.42 Å². The number of carboxylic acid groups (broad SMARTS) is 1. The quantitative estimate of drug-likeness (QED) is 0.741. The third-order valence-corrected chi connectivity index (χ3v) is 2.90. The summed E-state index contributed by atoms with van der Waals surface area (Å²) in [4.78, 5) is 24.1. The number of nitrogens with zero attached hydrogens (tertiary/aromatic N) is 1. The average Bonchev–Trinajstić information content (AvgIpc) is 2.69. The lowest BCUT2D eigenvalue weighted by molar-refractivity contribution is -0.136. The van der Waals surface area contributed by atoms with Gasteiger partial charge in [0, 0.05) is 25.7 Å². The van der Waals surface area contributed by atoms with Crippen LogP contribution in [0.15, 0.2) is 0 Å². The molecule has 1 aliphatic heterocycles. The van der Waals surface area contributed by atoms with Gasteiger partial charge in [0.2, 0.25) is 0 Å². The lowest BCUT2D eigenvalue weighted by atomic mass is 10.2. The van der Waals surface area contributed by atoms with Gasteiger partial charge in [0.25, 0.3) is 0 Å². The van der Waals surface area contributed by atoms with E-state index in [9.17, 15) is 9.59 Å². The maximum Gasteiger partial charge on any atom is 0.410 e. The molecule has 0 saturated carbocycles. The highest BCUT2D eigenvalue weighted by Crippen LogP contribution is 2.20. The molecule has 0 bridgehead atoms. The molecule has 0 aromatic carbocycles. The van der Waals surface area contributed by atoms with E-state index in [-0.39, 0.29) is 18.6 Å². The van der Waals surface area contributed by atoms with Crippen molar-refractivity contribution in [2.24, 2.45) is 0 Å². The Hall–Kier alpha value is -1.30. The van der Waals surface area contributed by atoms with Crippen LogP contribution in [0.4, 0.5) is 4.79 Å². The summed E-state index contributed by atoms with van der Waals surface area (Å²) in [5.41, 5.74) is -0.485. The lowest BCUT2D eigenvalue weighted by Crippen LogP contribution is -2.44. The number of amides is 1. The highest BCUT2D eigenvalue weighted by Gasteiger charge is 2.31. The molecule has 0 aromatic heterocycles. The van der Waals surface area contributed by atoms with Gasteiger partial charge < -0.3 is 20.1 Å². The number of carboxylic acids is 1. The third-order valence-electron chi connectivity index (χ3n) is 2.90. The SMILES string of the molecule is CC(C)(C)OC(=O)N1CCCC1CNCCC(=O)O. The first-order chi connectivity index (χ1) is 8.79. The van der Waals surface area contributed by atoms with Crippen molar-refractivity contribution < 1.29 is 19.4 Å². The van der Waals surface area contributed by atoms with Crippen LogP contribution in [0, 0.1) is 0 Å². The molecular weight excluding hydrogens is 248 g/mol. The van der Waals surface area contributed by atoms with Crippen molar-refractivity contribution in [2.45, 2.75) is 51.7 Å². The fourth-order valence-electron chi connectivity index (χ4n) is 2.07. The van der Waals surface area contributed by atoms with E-state index in [2.05, 4.69) is 5.32 Å². The van der Waals surface area contributed by atoms with Crippen LogP contribution >= 0.6 is 0 Å². The summed E-state index contributed by atoms with van der Waals surface area (Å²) < 4.78 is 5.36. The van der Waals surface area contributed by atoms with E-state index in [1.807, 2.05) is 20.8 Å². The molecule has 1 fully saturated rings. The van der Waals surface area contributed by atoms with E-state index in [0.717, 1.165) is 12.8 Å². The molecule has 1 amide bonds. The van der Waals surface area contributed by atoms with E-state index < -0.39 is 11.6 Å². The second kappa shape index (κ2) is 6.75. The van der Waals surface area contributed by atoms with Gasteiger partial charge in [0.1, 0.15) is 5.60 Å². The molecule has 19 heavy (non-hydrogen) atoms. The van der Waals surface area contributed by atoms with Gasteiger partial charge in [-0.2, -0.15) is 0 Å². The molecular formula is C13H24N2O4. The molecule has 1 atom stereocenters. The van der Waals surface area contributed by atoms with Crippen LogP contribution < -0.4 is 5.32 Å². The first kappa shape index (κ1) is 15.8. The van der Waals surface area contributed by atoms with Gasteiger partial charge in [0.15, 0.2) is 0 Å². The van der Waals surface area contributed by atoms with Crippen LogP contribution in [0.5, 0.6) is 0 Å². The van der Waals surface area contributed by atoms with Gasteiger partial charge in [-0.3, -0.25) is 4.79 Å². The van der Waals surface area contributed by atoms with Gasteiger partial charge >= 0.3 is 12.1 Å². The Bertz CT molecular complexity index is 325. The molecule has 2 N–H and O–H groups in total. The Balaban J connectivity index is 2.37. The van der Waals surface area contributed by atoms with Crippen molar-refractivity contribution in [2.75, 3.05) is 19.6 Å². The predicted octanol–water partition coefficient (Wildman–Crippen LogP) is 1.45. The van der Waals surface area contributed by atoms with E-state index >= 15 is 0 Å². The maximum absolute atomic E-state index is 12.0. The van der Waals surface area contributed by atoms with Gasteiger partial charge in [-0.1, -0.05) is 0 Å². The normalized spacial score (nSPS) is 19.5. The first-order valence-corrected chi connectivity index (χ1v) is 6.72. The highest BCUT2D eigenvalue weighted by molar-refractivity contribution is 5.69. The number of carbonyl (C=O) groups is 2. The van der Waals surface area contributed by atoms with Crippen molar-refractivity contribution >= 4 is 12.1 Å². The van der Waals surface area contributed by atoms with Crippen LogP contribution in [0.3, 0.4) is 0 Å². The topological polar surface area (TPSA) is 78.9 Å². The van der Waals surface area contributed by atoms with Crippen LogP contribution in [0.25, 0.3) is 0 Å². The summed E-state index contributed by atoms with van der Waals surface area (Å²) in [5.74, 6) is -0.817. The van der Waals surface area contributed by atoms with Crippen molar-refractivity contribution in [1.29, 1.82) is 0 Å². The van der Waals surface area contributed by atoms with E-state index in [4.69, 9.17) is 9.84 Å². The van der Waals surface area contributed by atoms with Gasteiger partial charge in [-0.05, 0) is 33.6 Å². The average molecular weight is 272 g/mol. The smallest absolute Gasteiger partial charge is 0.410 e. The Morgan fingerprint density at radius 3 is 2.68 bits per heavy atom. The minimum Gasteiger partial charge on any atom is -0.481 e. The largest absolute Gasteiger partial charge is 0.481 e. The van der Waals surface area contributed by atoms with Crippen molar-refractivity contribution in [3.63, 3.8) is 0 Å². The van der Waals surface area contributed by atoms with Crippen molar-refractivity contribution in [3.8, 4) is 0 Å². The molecule has 1 unspecified atom stereocenters. The molecule has 1 heterocycles. The zero-order chi connectivity index (χ0) is 14.5. The molecule has 110 valence electrons. The molecule has 6 nitrogen and oxygen atoms in total. The third kappa shape index (κ3) is 5.92. The number of aliphatic carboxylic acids is 1. The number of carbonyl (C=O) groups excluding carboxylic acids is 1. The number of rotatable bonds is 5. The number of likely N-dealkylation sites (tertiary alicyclic amines) is 1. The number of hydrogen-bond acceptors (Lipinski definition) is 4. The predicted molar refractivity (Wildman–Crippen MR) is 71.1 cm³/mol. The van der Waals surface area contributed by atoms with Crippen LogP contribution in [0.2, 0.25) is 0 Å². The van der Waals surface area contributed by atoms with Gasteiger partial charge in [-0.25, -0.2) is 4.79 Å². The molecule has 1 saturated heterocycles. The fourth-order valence-corrected chi connectivity index (χ4v) is 2.07. The van der Waals surface area contributed by atoms with E-state index in [0.29, 0.717) is 19.6 Å². The molecule has 0 spiro atoms. The monoisotopic (exact) mass is 272 g/mol. The summed E-state index contributed by atoms with van der Waals surface area (Å²) in [7, 11) is 0. The van der Waals surface area contributed by atoms with Crippen LogP contribution in [0.1, 0.15) is 40.0 Å². The zero-order valence-corrected chi connectivity index (χ0v) is 11.9. The lowest BCUT2D eigenvalue weighted by Gasteiger charge is -2.28. The second-order valence-electron chi connectivity index (χ2n) is 5.82. The molecule has 0 radical (unpaired) electrons. The van der Waals surface area contributed by atoms with Gasteiger partial charge in [-0.15, -0.1) is 0 Å². The fraction of sp³-hybridized carbons (Fsp3) is 0.846. The molecule has 0 aromatic rings. The minimum atomic E-state index is -0.817. The second-order valence-corrected chi connectivity index (χ2v) is 5.82. The maximum atomic E-state index is 12.0. The Morgan fingerprint density at radius 2 is 2.11 bits per heavy atom. The summed E-state index contributed by atoms with van der Waals surface area (Å²) in [6, 6.07) is 0.101.